The van der Waals surface area contributed by atoms with Crippen LogP contribution in [0.25, 0.3) is 0 Å². The molecule has 2 aromatic carbocycles. The van der Waals surface area contributed by atoms with Crippen LogP contribution < -0.4 is 14.8 Å². The van der Waals surface area contributed by atoms with Gasteiger partial charge in [-0.05, 0) is 42.3 Å². The molecule has 0 saturated carbocycles. The van der Waals surface area contributed by atoms with Gasteiger partial charge in [0.25, 0.3) is 0 Å². The highest BCUT2D eigenvalue weighted by Gasteiger charge is 2.10. The Morgan fingerprint density at radius 3 is 2.43 bits per heavy atom. The van der Waals surface area contributed by atoms with Gasteiger partial charge in [0.2, 0.25) is 0 Å². The zero-order chi connectivity index (χ0) is 15.4. The molecule has 3 nitrogen and oxygen atoms in total. The van der Waals surface area contributed by atoms with Crippen molar-refractivity contribution in [2.24, 2.45) is 0 Å². The first kappa shape index (κ1) is 16.0. The zero-order valence-electron chi connectivity index (χ0n) is 12.2. The van der Waals surface area contributed by atoms with E-state index in [1.54, 1.807) is 14.2 Å². The standard InChI is InChI=1S/C16H17BrClNO2/c1-10-4-5-13(18)14(6-10)19-9-11-7-15(20-2)16(21-3)8-12(11)17/h4-8,19H,9H2,1-3H3. The maximum absolute atomic E-state index is 6.19. The molecule has 1 N–H and O–H groups in total. The molecule has 21 heavy (non-hydrogen) atoms. The SMILES string of the molecule is COc1cc(Br)c(CNc2cc(C)ccc2Cl)cc1OC. The van der Waals surface area contributed by atoms with E-state index >= 15 is 0 Å². The van der Waals surface area contributed by atoms with Crippen LogP contribution in [0.5, 0.6) is 11.5 Å². The lowest BCUT2D eigenvalue weighted by molar-refractivity contribution is 0.354. The number of aryl methyl sites for hydroxylation is 1. The van der Waals surface area contributed by atoms with Crippen LogP contribution in [0.15, 0.2) is 34.8 Å². The molecule has 0 aliphatic carbocycles. The monoisotopic (exact) mass is 369 g/mol. The van der Waals surface area contributed by atoms with Crippen molar-refractivity contribution in [3.63, 3.8) is 0 Å². The van der Waals surface area contributed by atoms with Gasteiger partial charge < -0.3 is 14.8 Å². The Kier molecular flexibility index (Phi) is 5.37. The second-order valence-electron chi connectivity index (χ2n) is 4.64. The minimum absolute atomic E-state index is 0.629. The van der Waals surface area contributed by atoms with Gasteiger partial charge in [0.15, 0.2) is 11.5 Å². The van der Waals surface area contributed by atoms with E-state index in [1.165, 1.54) is 0 Å². The molecule has 0 fully saturated rings. The van der Waals surface area contributed by atoms with Gasteiger partial charge in [0.05, 0.1) is 24.9 Å². The molecule has 2 aromatic rings. The Morgan fingerprint density at radius 2 is 1.76 bits per heavy atom. The van der Waals surface area contributed by atoms with E-state index in [1.807, 2.05) is 37.3 Å². The number of ether oxygens (including phenoxy) is 2. The summed E-state index contributed by atoms with van der Waals surface area (Å²) >= 11 is 9.74. The fourth-order valence-electron chi connectivity index (χ4n) is 2.00. The summed E-state index contributed by atoms with van der Waals surface area (Å²) < 4.78 is 11.6. The second-order valence-corrected chi connectivity index (χ2v) is 5.90. The van der Waals surface area contributed by atoms with Crippen molar-refractivity contribution < 1.29 is 9.47 Å². The van der Waals surface area contributed by atoms with E-state index in [2.05, 4.69) is 21.2 Å². The molecule has 0 spiro atoms. The summed E-state index contributed by atoms with van der Waals surface area (Å²) in [7, 11) is 3.25. The summed E-state index contributed by atoms with van der Waals surface area (Å²) in [5.74, 6) is 1.40. The van der Waals surface area contributed by atoms with Gasteiger partial charge in [0.1, 0.15) is 0 Å². The summed E-state index contributed by atoms with van der Waals surface area (Å²) in [5, 5.41) is 4.05. The van der Waals surface area contributed by atoms with E-state index in [-0.39, 0.29) is 0 Å². The molecule has 0 unspecified atom stereocenters. The largest absolute Gasteiger partial charge is 0.493 e. The highest BCUT2D eigenvalue weighted by atomic mass is 79.9. The number of benzene rings is 2. The number of halogens is 2. The first-order valence-corrected chi connectivity index (χ1v) is 7.62. The van der Waals surface area contributed by atoms with Gasteiger partial charge in [-0.3, -0.25) is 0 Å². The molecular formula is C16H17BrClNO2. The molecule has 0 heterocycles. The maximum atomic E-state index is 6.19. The van der Waals surface area contributed by atoms with Crippen molar-refractivity contribution in [2.45, 2.75) is 13.5 Å². The van der Waals surface area contributed by atoms with Gasteiger partial charge in [-0.2, -0.15) is 0 Å². The predicted octanol–water partition coefficient (Wildman–Crippen LogP) is 5.04. The van der Waals surface area contributed by atoms with Gasteiger partial charge in [0, 0.05) is 11.0 Å². The lowest BCUT2D eigenvalue weighted by atomic mass is 10.1. The van der Waals surface area contributed by atoms with Crippen LogP contribution in [-0.4, -0.2) is 14.2 Å². The Labute approximate surface area is 138 Å². The summed E-state index contributed by atoms with van der Waals surface area (Å²) in [5.41, 5.74) is 3.14. The van der Waals surface area contributed by atoms with E-state index in [0.29, 0.717) is 23.1 Å². The third-order valence-electron chi connectivity index (χ3n) is 3.14. The second kappa shape index (κ2) is 7.05. The highest BCUT2D eigenvalue weighted by Crippen LogP contribution is 2.34. The molecule has 2 rings (SSSR count). The van der Waals surface area contributed by atoms with Crippen molar-refractivity contribution in [1.29, 1.82) is 0 Å². The molecule has 0 amide bonds. The minimum Gasteiger partial charge on any atom is -0.493 e. The third kappa shape index (κ3) is 3.83. The van der Waals surface area contributed by atoms with E-state index in [0.717, 1.165) is 21.3 Å². The van der Waals surface area contributed by atoms with E-state index < -0.39 is 0 Å². The normalized spacial score (nSPS) is 10.3. The van der Waals surface area contributed by atoms with Crippen LogP contribution in [0.4, 0.5) is 5.69 Å². The van der Waals surface area contributed by atoms with Crippen molar-refractivity contribution in [3.8, 4) is 11.5 Å². The first-order valence-electron chi connectivity index (χ1n) is 6.45. The zero-order valence-corrected chi connectivity index (χ0v) is 14.5. The number of methoxy groups -OCH3 is 2. The summed E-state index contributed by atoms with van der Waals surface area (Å²) in [6.07, 6.45) is 0. The van der Waals surface area contributed by atoms with Crippen LogP contribution in [0.2, 0.25) is 5.02 Å². The minimum atomic E-state index is 0.629. The first-order chi connectivity index (χ1) is 10.0. The van der Waals surface area contributed by atoms with E-state index in [4.69, 9.17) is 21.1 Å². The number of rotatable bonds is 5. The molecule has 0 atom stereocenters. The average Bonchev–Trinajstić information content (AvgIpc) is 2.48. The molecule has 0 aromatic heterocycles. The molecule has 0 saturated heterocycles. The third-order valence-corrected chi connectivity index (χ3v) is 4.21. The van der Waals surface area contributed by atoms with Crippen LogP contribution in [0, 0.1) is 6.92 Å². The summed E-state index contributed by atoms with van der Waals surface area (Å²) in [4.78, 5) is 0. The molecule has 0 bridgehead atoms. The van der Waals surface area contributed by atoms with Gasteiger partial charge in [-0.1, -0.05) is 33.6 Å². The molecule has 112 valence electrons. The lowest BCUT2D eigenvalue weighted by Gasteiger charge is -2.14. The summed E-state index contributed by atoms with van der Waals surface area (Å²) in [6, 6.07) is 9.74. The van der Waals surface area contributed by atoms with Crippen LogP contribution in [0.1, 0.15) is 11.1 Å². The van der Waals surface area contributed by atoms with Crippen LogP contribution >= 0.6 is 27.5 Å². The number of hydrogen-bond acceptors (Lipinski definition) is 3. The van der Waals surface area contributed by atoms with Crippen molar-refractivity contribution in [2.75, 3.05) is 19.5 Å². The lowest BCUT2D eigenvalue weighted by Crippen LogP contribution is -2.02. The molecule has 5 heteroatoms. The van der Waals surface area contributed by atoms with Gasteiger partial charge in [-0.25, -0.2) is 0 Å². The topological polar surface area (TPSA) is 30.5 Å². The Hall–Kier alpha value is -1.39. The molecule has 0 aliphatic rings. The average molecular weight is 371 g/mol. The fraction of sp³-hybridized carbons (Fsp3) is 0.250. The van der Waals surface area contributed by atoms with Gasteiger partial charge >= 0.3 is 0 Å². The quantitative estimate of drug-likeness (QED) is 0.800. The van der Waals surface area contributed by atoms with Crippen molar-refractivity contribution in [1.82, 2.24) is 0 Å². The summed E-state index contributed by atoms with van der Waals surface area (Å²) in [6.45, 7) is 2.66. The van der Waals surface area contributed by atoms with E-state index in [9.17, 15) is 0 Å². The smallest absolute Gasteiger partial charge is 0.161 e. The number of anilines is 1. The highest BCUT2D eigenvalue weighted by molar-refractivity contribution is 9.10. The fourth-order valence-corrected chi connectivity index (χ4v) is 2.64. The van der Waals surface area contributed by atoms with Crippen molar-refractivity contribution >= 4 is 33.2 Å². The van der Waals surface area contributed by atoms with Crippen LogP contribution in [-0.2, 0) is 6.54 Å². The number of hydrogen-bond donors (Lipinski definition) is 1. The Bertz CT molecular complexity index is 646. The molecular weight excluding hydrogens is 354 g/mol. The number of nitrogens with one attached hydrogen (secondary N) is 1. The van der Waals surface area contributed by atoms with Crippen molar-refractivity contribution in [3.05, 3.63) is 51.0 Å². The Balaban J connectivity index is 2.21. The molecule has 0 aliphatic heterocycles. The molecule has 0 radical (unpaired) electrons. The van der Waals surface area contributed by atoms with Gasteiger partial charge in [-0.15, -0.1) is 0 Å². The maximum Gasteiger partial charge on any atom is 0.161 e. The Morgan fingerprint density at radius 1 is 1.10 bits per heavy atom. The predicted molar refractivity (Wildman–Crippen MR) is 90.8 cm³/mol. The van der Waals surface area contributed by atoms with Crippen LogP contribution in [0.3, 0.4) is 0 Å².